The highest BCUT2D eigenvalue weighted by molar-refractivity contribution is 5.94. The van der Waals surface area contributed by atoms with E-state index in [1.54, 1.807) is 53.4 Å². The molecule has 1 amide bonds. The van der Waals surface area contributed by atoms with Crippen molar-refractivity contribution in [1.29, 1.82) is 0 Å². The number of benzene rings is 2. The summed E-state index contributed by atoms with van der Waals surface area (Å²) in [5.74, 6) is 0.613. The molecule has 5 rings (SSSR count). The minimum absolute atomic E-state index is 0.200. The molecule has 0 spiro atoms. The summed E-state index contributed by atoms with van der Waals surface area (Å²) in [6, 6.07) is 17.6. The average molecular weight is 455 g/mol. The Morgan fingerprint density at radius 1 is 1.09 bits per heavy atom. The standard InChI is InChI=1S/C26H22FN5O2/c1-18-28-10-12-32(18)24-9-8-19(13-23(24)27)15-29-26(33)20-5-4-6-22(14-20)34-17-21-16-31-11-3-2-7-25(31)30-21/h2-14,16H,15,17H2,1H3,(H,29,33). The van der Waals surface area contributed by atoms with Crippen LogP contribution in [0.2, 0.25) is 0 Å². The Balaban J connectivity index is 1.21. The maximum absolute atomic E-state index is 14.6. The van der Waals surface area contributed by atoms with Gasteiger partial charge in [-0.15, -0.1) is 0 Å². The minimum atomic E-state index is -0.379. The van der Waals surface area contributed by atoms with Gasteiger partial charge in [-0.25, -0.2) is 14.4 Å². The van der Waals surface area contributed by atoms with E-state index in [1.807, 2.05) is 41.9 Å². The summed E-state index contributed by atoms with van der Waals surface area (Å²) in [5.41, 5.74) is 3.17. The maximum atomic E-state index is 14.6. The van der Waals surface area contributed by atoms with Crippen molar-refractivity contribution in [2.45, 2.75) is 20.1 Å². The molecule has 3 aromatic heterocycles. The number of carbonyl (C=O) groups excluding carboxylic acids is 1. The Morgan fingerprint density at radius 2 is 2.00 bits per heavy atom. The van der Waals surface area contributed by atoms with Crippen LogP contribution in [0.4, 0.5) is 4.39 Å². The number of amides is 1. The Morgan fingerprint density at radius 3 is 2.79 bits per heavy atom. The molecular weight excluding hydrogens is 433 g/mol. The Bertz CT molecular complexity index is 1440. The van der Waals surface area contributed by atoms with Crippen LogP contribution < -0.4 is 10.1 Å². The number of halogens is 1. The summed E-state index contributed by atoms with van der Waals surface area (Å²) >= 11 is 0. The Labute approximate surface area is 195 Å². The van der Waals surface area contributed by atoms with E-state index < -0.39 is 0 Å². The first kappa shape index (κ1) is 21.4. The maximum Gasteiger partial charge on any atom is 0.251 e. The van der Waals surface area contributed by atoms with Crippen LogP contribution >= 0.6 is 0 Å². The van der Waals surface area contributed by atoms with Gasteiger partial charge >= 0.3 is 0 Å². The van der Waals surface area contributed by atoms with Crippen LogP contribution in [0.5, 0.6) is 5.75 Å². The van der Waals surface area contributed by atoms with Crippen LogP contribution in [-0.4, -0.2) is 24.8 Å². The number of pyridine rings is 1. The van der Waals surface area contributed by atoms with Crippen molar-refractivity contribution in [3.8, 4) is 11.4 Å². The minimum Gasteiger partial charge on any atom is -0.487 e. The molecule has 3 heterocycles. The average Bonchev–Trinajstić information content (AvgIpc) is 3.47. The first-order chi connectivity index (χ1) is 16.6. The first-order valence-corrected chi connectivity index (χ1v) is 10.8. The summed E-state index contributed by atoms with van der Waals surface area (Å²) in [6.45, 7) is 2.29. The van der Waals surface area contributed by atoms with Gasteiger partial charge in [-0.05, 0) is 55.0 Å². The lowest BCUT2D eigenvalue weighted by Crippen LogP contribution is -2.22. The summed E-state index contributed by atoms with van der Waals surface area (Å²) < 4.78 is 24.0. The predicted molar refractivity (Wildman–Crippen MR) is 125 cm³/mol. The number of imidazole rings is 2. The van der Waals surface area contributed by atoms with E-state index in [-0.39, 0.29) is 24.9 Å². The zero-order valence-corrected chi connectivity index (χ0v) is 18.5. The van der Waals surface area contributed by atoms with Crippen LogP contribution in [0.15, 0.2) is 85.5 Å². The topological polar surface area (TPSA) is 73.5 Å². The third-order valence-corrected chi connectivity index (χ3v) is 5.45. The van der Waals surface area contributed by atoms with Gasteiger partial charge in [0.1, 0.15) is 29.6 Å². The SMILES string of the molecule is Cc1nccn1-c1ccc(CNC(=O)c2cccc(OCc3cn4ccccc4n3)c2)cc1F. The van der Waals surface area contributed by atoms with E-state index in [2.05, 4.69) is 15.3 Å². The lowest BCUT2D eigenvalue weighted by molar-refractivity contribution is 0.0950. The van der Waals surface area contributed by atoms with Crippen LogP contribution in [0.3, 0.4) is 0 Å². The largest absolute Gasteiger partial charge is 0.487 e. The van der Waals surface area contributed by atoms with Gasteiger partial charge in [-0.3, -0.25) is 4.79 Å². The fourth-order valence-electron chi connectivity index (χ4n) is 3.71. The van der Waals surface area contributed by atoms with E-state index in [1.165, 1.54) is 6.07 Å². The zero-order valence-electron chi connectivity index (χ0n) is 18.5. The van der Waals surface area contributed by atoms with E-state index in [0.717, 1.165) is 11.3 Å². The number of nitrogens with zero attached hydrogens (tertiary/aromatic N) is 4. The van der Waals surface area contributed by atoms with Crippen molar-refractivity contribution in [3.05, 3.63) is 114 Å². The molecule has 0 fully saturated rings. The number of nitrogens with one attached hydrogen (secondary N) is 1. The molecule has 7 nitrogen and oxygen atoms in total. The number of fused-ring (bicyclic) bond motifs is 1. The fourth-order valence-corrected chi connectivity index (χ4v) is 3.71. The van der Waals surface area contributed by atoms with Crippen molar-refractivity contribution in [2.75, 3.05) is 0 Å². The van der Waals surface area contributed by atoms with Crippen LogP contribution in [0.1, 0.15) is 27.4 Å². The third kappa shape index (κ3) is 4.52. The van der Waals surface area contributed by atoms with Gasteiger partial charge in [-0.2, -0.15) is 0 Å². The summed E-state index contributed by atoms with van der Waals surface area (Å²) in [5, 5.41) is 2.83. The quantitative estimate of drug-likeness (QED) is 0.393. The highest BCUT2D eigenvalue weighted by Crippen LogP contribution is 2.18. The molecule has 170 valence electrons. The monoisotopic (exact) mass is 455 g/mol. The predicted octanol–water partition coefficient (Wildman–Crippen LogP) is 4.48. The van der Waals surface area contributed by atoms with E-state index in [9.17, 15) is 9.18 Å². The van der Waals surface area contributed by atoms with E-state index in [0.29, 0.717) is 28.4 Å². The van der Waals surface area contributed by atoms with Crippen LogP contribution in [0.25, 0.3) is 11.3 Å². The second-order valence-electron chi connectivity index (χ2n) is 7.83. The van der Waals surface area contributed by atoms with Gasteiger partial charge in [-0.1, -0.05) is 18.2 Å². The van der Waals surface area contributed by atoms with Crippen molar-refractivity contribution < 1.29 is 13.9 Å². The molecular formula is C26H22FN5O2. The van der Waals surface area contributed by atoms with Gasteiger partial charge in [0, 0.05) is 36.9 Å². The first-order valence-electron chi connectivity index (χ1n) is 10.8. The molecule has 0 radical (unpaired) electrons. The van der Waals surface area contributed by atoms with Crippen molar-refractivity contribution in [1.82, 2.24) is 24.3 Å². The number of rotatable bonds is 7. The number of hydrogen-bond acceptors (Lipinski definition) is 4. The van der Waals surface area contributed by atoms with Gasteiger partial charge < -0.3 is 19.0 Å². The molecule has 0 aliphatic heterocycles. The van der Waals surface area contributed by atoms with Gasteiger partial charge in [0.25, 0.3) is 5.91 Å². The number of hydrogen-bond donors (Lipinski definition) is 1. The molecule has 0 atom stereocenters. The Hall–Kier alpha value is -4.46. The highest BCUT2D eigenvalue weighted by atomic mass is 19.1. The van der Waals surface area contributed by atoms with Crippen molar-refractivity contribution in [3.63, 3.8) is 0 Å². The molecule has 0 saturated heterocycles. The smallest absolute Gasteiger partial charge is 0.251 e. The summed E-state index contributed by atoms with van der Waals surface area (Å²) in [4.78, 5) is 21.3. The van der Waals surface area contributed by atoms with Gasteiger partial charge in [0.2, 0.25) is 0 Å². The number of aromatic nitrogens is 4. The zero-order chi connectivity index (χ0) is 23.5. The fraction of sp³-hybridized carbons (Fsp3) is 0.115. The molecule has 1 N–H and O–H groups in total. The van der Waals surface area contributed by atoms with Crippen LogP contribution in [-0.2, 0) is 13.2 Å². The van der Waals surface area contributed by atoms with E-state index >= 15 is 0 Å². The van der Waals surface area contributed by atoms with Crippen molar-refractivity contribution in [2.24, 2.45) is 0 Å². The lowest BCUT2D eigenvalue weighted by Gasteiger charge is -2.10. The van der Waals surface area contributed by atoms with Gasteiger partial charge in [0.05, 0.1) is 11.4 Å². The van der Waals surface area contributed by atoms with Gasteiger partial charge in [0.15, 0.2) is 0 Å². The Kier molecular flexibility index (Phi) is 5.78. The molecule has 2 aromatic carbocycles. The lowest BCUT2D eigenvalue weighted by atomic mass is 10.1. The molecule has 34 heavy (non-hydrogen) atoms. The number of aryl methyl sites for hydroxylation is 1. The molecule has 8 heteroatoms. The molecule has 0 bridgehead atoms. The molecule has 5 aromatic rings. The highest BCUT2D eigenvalue weighted by Gasteiger charge is 2.11. The molecule has 0 unspecified atom stereocenters. The molecule has 0 aliphatic carbocycles. The second-order valence-corrected chi connectivity index (χ2v) is 7.83. The van der Waals surface area contributed by atoms with Crippen LogP contribution in [0, 0.1) is 12.7 Å². The summed E-state index contributed by atoms with van der Waals surface area (Å²) in [7, 11) is 0. The summed E-state index contributed by atoms with van der Waals surface area (Å²) in [6.07, 6.45) is 7.16. The normalized spacial score (nSPS) is 11.0. The molecule has 0 aliphatic rings. The number of ether oxygens (including phenoxy) is 1. The van der Waals surface area contributed by atoms with E-state index in [4.69, 9.17) is 4.74 Å². The van der Waals surface area contributed by atoms with Crippen molar-refractivity contribution >= 4 is 11.6 Å². The third-order valence-electron chi connectivity index (χ3n) is 5.45. The number of carbonyl (C=O) groups is 1. The molecule has 0 saturated carbocycles. The second kappa shape index (κ2) is 9.19.